The highest BCUT2D eigenvalue weighted by molar-refractivity contribution is 5.99. The zero-order valence-corrected chi connectivity index (χ0v) is 17.4. The van der Waals surface area contributed by atoms with Crippen LogP contribution in [0.25, 0.3) is 43.1 Å². The van der Waals surface area contributed by atoms with Gasteiger partial charge in [-0.05, 0) is 81.2 Å². The Morgan fingerprint density at radius 2 is 0.600 bits per heavy atom. The predicted octanol–water partition coefficient (Wildman–Crippen LogP) is 8.60. The molecule has 0 atom stereocenters. The Kier molecular flexibility index (Phi) is 4.69. The molecule has 0 spiro atoms. The minimum absolute atomic E-state index is 1.31. The van der Waals surface area contributed by atoms with Crippen molar-refractivity contribution in [2.24, 2.45) is 0 Å². The molecule has 0 unspecified atom stereocenters. The molecule has 0 amide bonds. The third-order valence-corrected chi connectivity index (χ3v) is 5.72. The Balaban J connectivity index is 0.000000128. The van der Waals surface area contributed by atoms with Gasteiger partial charge in [0.15, 0.2) is 0 Å². The quantitative estimate of drug-likeness (QED) is 0.230. The fourth-order valence-electron chi connectivity index (χ4n) is 4.12. The number of hydrogen-bond acceptors (Lipinski definition) is 0. The van der Waals surface area contributed by atoms with E-state index in [1.165, 1.54) is 54.2 Å². The summed E-state index contributed by atoms with van der Waals surface area (Å²) in [6, 6.07) is 39.2. The summed E-state index contributed by atoms with van der Waals surface area (Å²) in [5, 5.41) is 10.6. The summed E-state index contributed by atoms with van der Waals surface area (Å²) in [5.41, 5.74) is 2.63. The van der Waals surface area contributed by atoms with Gasteiger partial charge < -0.3 is 0 Å². The molecule has 0 aliphatic carbocycles. The van der Waals surface area contributed by atoms with Gasteiger partial charge in [-0.25, -0.2) is 0 Å². The number of benzene rings is 6. The molecule has 0 saturated carbocycles. The molecule has 0 radical (unpaired) electrons. The van der Waals surface area contributed by atoms with Crippen LogP contribution in [0, 0.1) is 13.8 Å². The van der Waals surface area contributed by atoms with Gasteiger partial charge in [0.25, 0.3) is 0 Å². The molecule has 0 aromatic heterocycles. The lowest BCUT2D eigenvalue weighted by molar-refractivity contribution is 1.51. The number of fused-ring (bicyclic) bond motifs is 4. The van der Waals surface area contributed by atoms with Gasteiger partial charge in [-0.15, -0.1) is 0 Å². The molecule has 0 bridgehead atoms. The average Bonchev–Trinajstić information content (AvgIpc) is 2.76. The van der Waals surface area contributed by atoms with Crippen LogP contribution in [0.4, 0.5) is 0 Å². The first kappa shape index (κ1) is 18.4. The number of aryl methyl sites for hydroxylation is 2. The van der Waals surface area contributed by atoms with Crippen LogP contribution < -0.4 is 0 Å². The summed E-state index contributed by atoms with van der Waals surface area (Å²) < 4.78 is 0. The van der Waals surface area contributed by atoms with Gasteiger partial charge in [0.2, 0.25) is 0 Å². The SMILES string of the molecule is Cc1ccc2cc3ccccc3cc2c1.Cc1ccc2cc3ccccc3cc2c1. The molecule has 0 aliphatic rings. The molecule has 0 nitrogen and oxygen atoms in total. The Labute approximate surface area is 177 Å². The summed E-state index contributed by atoms with van der Waals surface area (Å²) in [6.45, 7) is 4.27. The second kappa shape index (κ2) is 7.65. The van der Waals surface area contributed by atoms with Gasteiger partial charge in [-0.3, -0.25) is 0 Å². The van der Waals surface area contributed by atoms with Crippen LogP contribution in [0.1, 0.15) is 11.1 Å². The van der Waals surface area contributed by atoms with E-state index in [4.69, 9.17) is 0 Å². The molecule has 0 saturated heterocycles. The maximum absolute atomic E-state index is 2.26. The van der Waals surface area contributed by atoms with Gasteiger partial charge >= 0.3 is 0 Å². The third kappa shape index (κ3) is 3.65. The molecule has 0 heterocycles. The average molecular weight is 385 g/mol. The van der Waals surface area contributed by atoms with Crippen molar-refractivity contribution in [2.45, 2.75) is 13.8 Å². The van der Waals surface area contributed by atoms with Crippen molar-refractivity contribution in [1.29, 1.82) is 0 Å². The van der Waals surface area contributed by atoms with Gasteiger partial charge in [0.05, 0.1) is 0 Å². The number of rotatable bonds is 0. The molecule has 0 aliphatic heterocycles. The molecular weight excluding hydrogens is 360 g/mol. The van der Waals surface area contributed by atoms with Crippen molar-refractivity contribution in [1.82, 2.24) is 0 Å². The second-order valence-corrected chi connectivity index (χ2v) is 8.10. The first-order chi connectivity index (χ1) is 14.7. The molecule has 0 N–H and O–H groups in total. The lowest BCUT2D eigenvalue weighted by Gasteiger charge is -2.02. The van der Waals surface area contributed by atoms with Crippen molar-refractivity contribution in [3.05, 3.63) is 120 Å². The van der Waals surface area contributed by atoms with Crippen LogP contribution in [0.5, 0.6) is 0 Å². The maximum Gasteiger partial charge on any atom is -0.0175 e. The van der Waals surface area contributed by atoms with Crippen molar-refractivity contribution in [3.8, 4) is 0 Å². The highest BCUT2D eigenvalue weighted by Crippen LogP contribution is 2.24. The molecule has 30 heavy (non-hydrogen) atoms. The van der Waals surface area contributed by atoms with E-state index in [-0.39, 0.29) is 0 Å². The van der Waals surface area contributed by atoms with E-state index in [1.807, 2.05) is 0 Å². The summed E-state index contributed by atoms with van der Waals surface area (Å²) in [4.78, 5) is 0. The largest absolute Gasteiger partial charge is 0.0616 e. The summed E-state index contributed by atoms with van der Waals surface area (Å²) >= 11 is 0. The van der Waals surface area contributed by atoms with Crippen LogP contribution in [-0.2, 0) is 0 Å². The van der Waals surface area contributed by atoms with E-state index in [9.17, 15) is 0 Å². The lowest BCUT2D eigenvalue weighted by Crippen LogP contribution is -1.77. The molecule has 0 heteroatoms. The van der Waals surface area contributed by atoms with Gasteiger partial charge in [-0.2, -0.15) is 0 Å². The van der Waals surface area contributed by atoms with Crippen LogP contribution >= 0.6 is 0 Å². The van der Waals surface area contributed by atoms with E-state index in [0.29, 0.717) is 0 Å². The Bertz CT molecular complexity index is 1390. The Hall–Kier alpha value is -3.64. The zero-order chi connectivity index (χ0) is 20.5. The zero-order valence-electron chi connectivity index (χ0n) is 17.4. The molecule has 0 fully saturated rings. The molecular formula is C30H24. The molecule has 6 aromatic carbocycles. The Morgan fingerprint density at radius 1 is 0.300 bits per heavy atom. The van der Waals surface area contributed by atoms with Crippen LogP contribution in [0.2, 0.25) is 0 Å². The van der Waals surface area contributed by atoms with Crippen molar-refractivity contribution in [3.63, 3.8) is 0 Å². The van der Waals surface area contributed by atoms with Crippen LogP contribution in [-0.4, -0.2) is 0 Å². The summed E-state index contributed by atoms with van der Waals surface area (Å²) in [5.74, 6) is 0. The highest BCUT2D eigenvalue weighted by Gasteiger charge is 1.98. The first-order valence-corrected chi connectivity index (χ1v) is 10.4. The highest BCUT2D eigenvalue weighted by atomic mass is 14.0. The minimum atomic E-state index is 1.31. The second-order valence-electron chi connectivity index (χ2n) is 8.10. The fraction of sp³-hybridized carbons (Fsp3) is 0.0667. The van der Waals surface area contributed by atoms with Gasteiger partial charge in [0, 0.05) is 0 Å². The van der Waals surface area contributed by atoms with Gasteiger partial charge in [-0.1, -0.05) is 96.1 Å². The topological polar surface area (TPSA) is 0 Å². The molecule has 6 aromatic rings. The van der Waals surface area contributed by atoms with Gasteiger partial charge in [0.1, 0.15) is 0 Å². The minimum Gasteiger partial charge on any atom is -0.0616 e. The van der Waals surface area contributed by atoms with E-state index in [2.05, 4.69) is 123 Å². The monoisotopic (exact) mass is 384 g/mol. The molecule has 6 rings (SSSR count). The lowest BCUT2D eigenvalue weighted by atomic mass is 10.0. The summed E-state index contributed by atoms with van der Waals surface area (Å²) in [7, 11) is 0. The van der Waals surface area contributed by atoms with Crippen molar-refractivity contribution < 1.29 is 0 Å². The fourth-order valence-corrected chi connectivity index (χ4v) is 4.12. The van der Waals surface area contributed by atoms with Crippen molar-refractivity contribution in [2.75, 3.05) is 0 Å². The smallest absolute Gasteiger partial charge is 0.0175 e. The first-order valence-electron chi connectivity index (χ1n) is 10.4. The van der Waals surface area contributed by atoms with E-state index < -0.39 is 0 Å². The summed E-state index contributed by atoms with van der Waals surface area (Å²) in [6.07, 6.45) is 0. The third-order valence-electron chi connectivity index (χ3n) is 5.72. The van der Waals surface area contributed by atoms with Crippen LogP contribution in [0.3, 0.4) is 0 Å². The van der Waals surface area contributed by atoms with E-state index in [0.717, 1.165) is 0 Å². The standard InChI is InChI=1S/2C15H12/c2*1-11-6-7-14-9-12-4-2-3-5-13(12)10-15(14)8-11/h2*2-10H,1H3. The maximum atomic E-state index is 2.26. The Morgan fingerprint density at radius 3 is 0.967 bits per heavy atom. The normalized spacial score (nSPS) is 11.0. The van der Waals surface area contributed by atoms with Crippen molar-refractivity contribution >= 4 is 43.1 Å². The van der Waals surface area contributed by atoms with E-state index in [1.54, 1.807) is 0 Å². The van der Waals surface area contributed by atoms with Crippen LogP contribution in [0.15, 0.2) is 109 Å². The molecule has 144 valence electrons. The number of hydrogen-bond donors (Lipinski definition) is 0. The van der Waals surface area contributed by atoms with E-state index >= 15 is 0 Å². The predicted molar refractivity (Wildman–Crippen MR) is 132 cm³/mol.